The summed E-state index contributed by atoms with van der Waals surface area (Å²) in [4.78, 5) is 0. The predicted molar refractivity (Wildman–Crippen MR) is 38.9 cm³/mol. The van der Waals surface area contributed by atoms with E-state index in [-0.39, 0.29) is 6.10 Å². The Morgan fingerprint density at radius 2 is 2.17 bits per heavy atom. The van der Waals surface area contributed by atoms with Gasteiger partial charge in [-0.05, 0) is 12.8 Å². The second-order valence-corrected chi connectivity index (χ2v) is 2.88. The Morgan fingerprint density at radius 3 is 2.67 bits per heavy atom. The van der Waals surface area contributed by atoms with Crippen molar-refractivity contribution < 1.29 is 22.4 Å². The first-order valence-corrected chi connectivity index (χ1v) is 3.98. The van der Waals surface area contributed by atoms with Crippen molar-refractivity contribution in [2.24, 2.45) is 0 Å². The summed E-state index contributed by atoms with van der Waals surface area (Å²) in [7, 11) is 0. The quantitative estimate of drug-likeness (QED) is 0.618. The van der Waals surface area contributed by atoms with Crippen molar-refractivity contribution >= 4 is 6.98 Å². The van der Waals surface area contributed by atoms with Crippen LogP contribution in [0.25, 0.3) is 0 Å². The molecule has 1 atom stereocenters. The summed E-state index contributed by atoms with van der Waals surface area (Å²) in [6.45, 7) is -4.98. The van der Waals surface area contributed by atoms with Crippen LogP contribution in [0, 0.1) is 0 Å². The zero-order chi connectivity index (χ0) is 9.03. The lowest BCUT2D eigenvalue weighted by Gasteiger charge is -2.25. The SMILES string of the molecule is F[B-](F)(F)COC1CCCOC1. The molecule has 1 heterocycles. The minimum absolute atomic E-state index is 0.298. The maximum absolute atomic E-state index is 11.7. The van der Waals surface area contributed by atoms with Gasteiger partial charge in [0.2, 0.25) is 0 Å². The summed E-state index contributed by atoms with van der Waals surface area (Å²) in [5.41, 5.74) is 0. The molecule has 1 unspecified atom stereocenters. The lowest BCUT2D eigenvalue weighted by atomic mass is 9.94. The minimum atomic E-state index is -4.81. The van der Waals surface area contributed by atoms with Crippen molar-refractivity contribution in [1.29, 1.82) is 0 Å². The Hall–Kier alpha value is -0.225. The molecule has 0 amide bonds. The van der Waals surface area contributed by atoms with Crippen LogP contribution in [0.15, 0.2) is 0 Å². The van der Waals surface area contributed by atoms with Crippen LogP contribution in [-0.4, -0.2) is 32.8 Å². The lowest BCUT2D eigenvalue weighted by Crippen LogP contribution is -2.32. The molecule has 0 saturated carbocycles. The van der Waals surface area contributed by atoms with E-state index in [1.165, 1.54) is 0 Å². The molecule has 1 aliphatic heterocycles. The summed E-state index contributed by atoms with van der Waals surface area (Å²) in [5, 5.41) is 0. The van der Waals surface area contributed by atoms with Gasteiger partial charge in [-0.25, -0.2) is 0 Å². The maximum atomic E-state index is 11.7. The highest BCUT2D eigenvalue weighted by Gasteiger charge is 2.25. The Morgan fingerprint density at radius 1 is 1.42 bits per heavy atom. The van der Waals surface area contributed by atoms with Crippen molar-refractivity contribution in [3.8, 4) is 0 Å². The number of hydrogen-bond donors (Lipinski definition) is 0. The zero-order valence-corrected chi connectivity index (χ0v) is 6.64. The van der Waals surface area contributed by atoms with Gasteiger partial charge >= 0.3 is 6.98 Å². The molecule has 0 aromatic carbocycles. The molecule has 2 nitrogen and oxygen atoms in total. The van der Waals surface area contributed by atoms with Gasteiger partial charge in [-0.2, -0.15) is 0 Å². The summed E-state index contributed by atoms with van der Waals surface area (Å²) in [5.74, 6) is 0. The van der Waals surface area contributed by atoms with Crippen LogP contribution in [0.1, 0.15) is 12.8 Å². The third-order valence-electron chi connectivity index (χ3n) is 1.64. The molecule has 0 aromatic rings. The molecule has 72 valence electrons. The molecule has 1 rings (SSSR count). The second-order valence-electron chi connectivity index (χ2n) is 2.88. The van der Waals surface area contributed by atoms with E-state index in [9.17, 15) is 12.9 Å². The van der Waals surface area contributed by atoms with Crippen LogP contribution < -0.4 is 0 Å². The average Bonchev–Trinajstić information content (AvgIpc) is 2.02. The topological polar surface area (TPSA) is 18.5 Å². The van der Waals surface area contributed by atoms with Gasteiger partial charge in [-0.1, -0.05) is 0 Å². The highest BCUT2D eigenvalue weighted by molar-refractivity contribution is 6.58. The fourth-order valence-electron chi connectivity index (χ4n) is 1.09. The van der Waals surface area contributed by atoms with Crippen LogP contribution in [0.3, 0.4) is 0 Å². The minimum Gasteiger partial charge on any atom is -0.447 e. The van der Waals surface area contributed by atoms with Crippen molar-refractivity contribution in [3.63, 3.8) is 0 Å². The van der Waals surface area contributed by atoms with E-state index < -0.39 is 13.5 Å². The molecular formula is C6H11BF3O2-. The molecule has 6 heteroatoms. The van der Waals surface area contributed by atoms with E-state index in [2.05, 4.69) is 4.74 Å². The van der Waals surface area contributed by atoms with Crippen molar-refractivity contribution in [1.82, 2.24) is 0 Å². The molecule has 0 radical (unpaired) electrons. The molecule has 0 N–H and O–H groups in total. The lowest BCUT2D eigenvalue weighted by molar-refractivity contribution is -0.0418. The first kappa shape index (κ1) is 9.86. The summed E-state index contributed by atoms with van der Waals surface area (Å²) >= 11 is 0. The molecular weight excluding hydrogens is 172 g/mol. The zero-order valence-electron chi connectivity index (χ0n) is 6.64. The molecule has 0 spiro atoms. The molecule has 1 saturated heterocycles. The van der Waals surface area contributed by atoms with Gasteiger partial charge in [0.25, 0.3) is 0 Å². The summed E-state index contributed by atoms with van der Waals surface area (Å²) < 4.78 is 44.7. The van der Waals surface area contributed by atoms with Crippen LogP contribution in [-0.2, 0) is 9.47 Å². The number of halogens is 3. The van der Waals surface area contributed by atoms with Gasteiger partial charge in [0.15, 0.2) is 0 Å². The van der Waals surface area contributed by atoms with Crippen molar-refractivity contribution in [3.05, 3.63) is 0 Å². The van der Waals surface area contributed by atoms with Crippen molar-refractivity contribution in [2.75, 3.05) is 19.7 Å². The second kappa shape index (κ2) is 4.14. The molecule has 0 aromatic heterocycles. The summed E-state index contributed by atoms with van der Waals surface area (Å²) in [6.07, 6.45) is 1.10. The van der Waals surface area contributed by atoms with Gasteiger partial charge in [0.1, 0.15) is 0 Å². The van der Waals surface area contributed by atoms with Crippen molar-refractivity contribution in [2.45, 2.75) is 18.9 Å². The van der Waals surface area contributed by atoms with Gasteiger partial charge in [-0.15, -0.1) is 0 Å². The Labute approximate surface area is 69.1 Å². The highest BCUT2D eigenvalue weighted by Crippen LogP contribution is 2.14. The van der Waals surface area contributed by atoms with E-state index in [1.54, 1.807) is 0 Å². The number of ether oxygens (including phenoxy) is 2. The van der Waals surface area contributed by atoms with Gasteiger partial charge < -0.3 is 22.4 Å². The third kappa shape index (κ3) is 3.97. The van der Waals surface area contributed by atoms with Crippen LogP contribution in [0.2, 0.25) is 0 Å². The normalized spacial score (nSPS) is 25.8. The fourth-order valence-corrected chi connectivity index (χ4v) is 1.09. The first-order chi connectivity index (χ1) is 5.58. The predicted octanol–water partition coefficient (Wildman–Crippen LogP) is 1.57. The average molecular weight is 183 g/mol. The monoisotopic (exact) mass is 183 g/mol. The fraction of sp³-hybridized carbons (Fsp3) is 1.00. The molecule has 0 aliphatic carbocycles. The number of rotatable bonds is 3. The smallest absolute Gasteiger partial charge is 0.447 e. The Bertz CT molecular complexity index is 133. The molecule has 12 heavy (non-hydrogen) atoms. The van der Waals surface area contributed by atoms with E-state index in [1.807, 2.05) is 0 Å². The Balaban J connectivity index is 2.13. The van der Waals surface area contributed by atoms with E-state index in [4.69, 9.17) is 4.74 Å². The highest BCUT2D eigenvalue weighted by atomic mass is 19.4. The number of hydrogen-bond acceptors (Lipinski definition) is 2. The third-order valence-corrected chi connectivity index (χ3v) is 1.64. The van der Waals surface area contributed by atoms with Crippen LogP contribution in [0.5, 0.6) is 0 Å². The van der Waals surface area contributed by atoms with E-state index >= 15 is 0 Å². The standard InChI is InChI=1S/C6H11BF3O2/c8-7(9,10)5-12-6-2-1-3-11-4-6/h6H,1-5H2/q-1. The first-order valence-electron chi connectivity index (χ1n) is 3.98. The summed E-state index contributed by atoms with van der Waals surface area (Å²) in [6, 6.07) is 0. The van der Waals surface area contributed by atoms with Crippen LogP contribution in [0.4, 0.5) is 12.9 Å². The van der Waals surface area contributed by atoms with Gasteiger partial charge in [-0.3, -0.25) is 0 Å². The van der Waals surface area contributed by atoms with E-state index in [0.717, 1.165) is 6.42 Å². The molecule has 1 aliphatic rings. The molecule has 1 fully saturated rings. The molecule has 0 bridgehead atoms. The maximum Gasteiger partial charge on any atom is 0.503 e. The van der Waals surface area contributed by atoms with E-state index in [0.29, 0.717) is 19.6 Å². The Kier molecular flexibility index (Phi) is 3.40. The van der Waals surface area contributed by atoms with Gasteiger partial charge in [0.05, 0.1) is 12.7 Å². The van der Waals surface area contributed by atoms with Crippen LogP contribution >= 0.6 is 0 Å². The van der Waals surface area contributed by atoms with Gasteiger partial charge in [0, 0.05) is 13.1 Å². The largest absolute Gasteiger partial charge is 0.503 e.